The zero-order valence-corrected chi connectivity index (χ0v) is 42.4. The number of anilines is 2. The van der Waals surface area contributed by atoms with Crippen molar-refractivity contribution in [3.05, 3.63) is 198 Å². The Hall–Kier alpha value is -5.65. The molecule has 337 valence electrons. The number of hydrogen-bond donors (Lipinski definition) is 0. The Morgan fingerprint density at radius 2 is 0.769 bits per heavy atom. The number of hydrazone groups is 1. The Morgan fingerprint density at radius 1 is 0.385 bits per heavy atom. The van der Waals surface area contributed by atoms with Crippen molar-refractivity contribution in [1.82, 2.24) is 4.98 Å². The van der Waals surface area contributed by atoms with Crippen LogP contribution in [0.15, 0.2) is 169 Å². The molecule has 8 aromatic rings. The molecule has 1 aliphatic rings. The first-order valence-corrected chi connectivity index (χ1v) is 22.7. The van der Waals surface area contributed by atoms with Gasteiger partial charge in [-0.1, -0.05) is 204 Å². The molecule has 0 bridgehead atoms. The van der Waals surface area contributed by atoms with Crippen LogP contribution in [0.2, 0.25) is 0 Å². The molecule has 0 saturated heterocycles. The maximum Gasteiger partial charge on any atom is 0.129 e. The summed E-state index contributed by atoms with van der Waals surface area (Å²) in [5.41, 5.74) is 15.3. The van der Waals surface area contributed by atoms with Crippen LogP contribution in [-0.4, -0.2) is 5.84 Å². The number of hydrogen-bond acceptors (Lipinski definition) is 3. The maximum atomic E-state index is 5.50. The van der Waals surface area contributed by atoms with Crippen molar-refractivity contribution in [2.24, 2.45) is 5.10 Å². The fourth-order valence-corrected chi connectivity index (χ4v) is 8.15. The van der Waals surface area contributed by atoms with Gasteiger partial charge >= 0.3 is 0 Å². The van der Waals surface area contributed by atoms with Crippen LogP contribution >= 0.6 is 0 Å². The van der Waals surface area contributed by atoms with Crippen LogP contribution in [0.4, 0.5) is 11.4 Å². The average molecular weight is 1040 g/mol. The average Bonchev–Trinajstić information content (AvgIpc) is 3.89. The van der Waals surface area contributed by atoms with Gasteiger partial charge in [0.25, 0.3) is 0 Å². The summed E-state index contributed by atoms with van der Waals surface area (Å²) >= 11 is 0. The smallest absolute Gasteiger partial charge is 0.129 e. The van der Waals surface area contributed by atoms with Crippen molar-refractivity contribution in [3.63, 3.8) is 0 Å². The third-order valence-corrected chi connectivity index (χ3v) is 12.2. The maximum absolute atomic E-state index is 5.50. The minimum atomic E-state index is -0.0280. The van der Waals surface area contributed by atoms with Crippen molar-refractivity contribution < 1.29 is 22.4 Å². The molecule has 5 heteroatoms. The number of nitrogens with zero attached hydrogens (tertiary/aromatic N) is 4. The zero-order valence-electron chi connectivity index (χ0n) is 40.3. The van der Waals surface area contributed by atoms with E-state index in [1.165, 1.54) is 55.3 Å². The molecule has 7 aromatic carbocycles. The summed E-state index contributed by atoms with van der Waals surface area (Å²) in [5, 5.41) is 10.1. The van der Waals surface area contributed by atoms with Gasteiger partial charge in [0.05, 0.1) is 0 Å². The molecule has 65 heavy (non-hydrogen) atoms. The van der Waals surface area contributed by atoms with Gasteiger partial charge in [0, 0.05) is 39.3 Å². The molecule has 9 rings (SSSR count). The number of para-hydroxylation sites is 2. The normalized spacial score (nSPS) is 13.4. The predicted octanol–water partition coefficient (Wildman–Crippen LogP) is 16.0. The van der Waals surface area contributed by atoms with Gasteiger partial charge in [-0.3, -0.25) is 0 Å². The third kappa shape index (κ3) is 10.6. The fraction of sp³-hybridized carbons (Fsp3) is 0.267. The molecule has 0 atom stereocenters. The molecule has 0 amide bonds. The summed E-state index contributed by atoms with van der Waals surface area (Å²) in [7, 11) is 0. The fourth-order valence-electron chi connectivity index (χ4n) is 8.15. The van der Waals surface area contributed by atoms with Crippen molar-refractivity contribution in [3.8, 4) is 22.3 Å². The van der Waals surface area contributed by atoms with Crippen LogP contribution in [-0.2, 0) is 44.0 Å². The molecular weight excluding hydrogens is 974 g/mol. The van der Waals surface area contributed by atoms with Crippen molar-refractivity contribution in [2.45, 2.75) is 105 Å². The van der Waals surface area contributed by atoms with Crippen LogP contribution in [0, 0.1) is 6.67 Å². The number of rotatable bonds is 5. The third-order valence-electron chi connectivity index (χ3n) is 12.2. The van der Waals surface area contributed by atoms with Crippen LogP contribution in [0.5, 0.6) is 0 Å². The summed E-state index contributed by atoms with van der Waals surface area (Å²) in [6.45, 7) is 29.7. The van der Waals surface area contributed by atoms with Gasteiger partial charge in [0.15, 0.2) is 0 Å². The Balaban J connectivity index is 0.000000381. The molecule has 0 unspecified atom stereocenters. The van der Waals surface area contributed by atoms with E-state index in [0.717, 1.165) is 33.8 Å². The van der Waals surface area contributed by atoms with Crippen molar-refractivity contribution in [1.29, 1.82) is 0 Å². The first-order valence-electron chi connectivity index (χ1n) is 22.7. The molecule has 1 radical (unpaired) electrons. The number of aromatic nitrogens is 1. The van der Waals surface area contributed by atoms with Crippen LogP contribution in [0.3, 0.4) is 0 Å². The summed E-state index contributed by atoms with van der Waals surface area (Å²) < 4.78 is 0. The van der Waals surface area contributed by atoms with Gasteiger partial charge in [-0.2, -0.15) is 5.10 Å². The van der Waals surface area contributed by atoms with E-state index in [4.69, 9.17) is 5.10 Å². The Morgan fingerprint density at radius 3 is 1.18 bits per heavy atom. The van der Waals surface area contributed by atoms with Gasteiger partial charge in [-0.25, -0.2) is 0 Å². The molecule has 0 saturated carbocycles. The van der Waals surface area contributed by atoms with Crippen LogP contribution in [0.1, 0.15) is 111 Å². The van der Waals surface area contributed by atoms with Gasteiger partial charge in [0.2, 0.25) is 0 Å². The SMILES string of the molecule is CC(C)(C)c1cc(C2=NN(c3cc(C(C)(C)C)cc(C(C)(C)C)c3)[CH-]N2c2cc(-c3ccccc3)cc(-c3ccccc3)c2)cc(C(C)(C)C)c1.[Au].c1ccc2c(c1)[n-]c1ccccc12. The molecule has 1 aromatic heterocycles. The summed E-state index contributed by atoms with van der Waals surface area (Å²) in [5.74, 6) is 0.911. The first kappa shape index (κ1) is 47.3. The molecule has 2 heterocycles. The second-order valence-electron chi connectivity index (χ2n) is 21.5. The predicted molar refractivity (Wildman–Crippen MR) is 276 cm³/mol. The van der Waals surface area contributed by atoms with E-state index in [1.54, 1.807) is 0 Å². The second kappa shape index (κ2) is 18.3. The van der Waals surface area contributed by atoms with Crippen LogP contribution < -0.4 is 14.9 Å². The number of fused-ring (bicyclic) bond motifs is 3. The van der Waals surface area contributed by atoms with E-state index in [2.05, 4.69) is 256 Å². The monoisotopic (exact) mass is 1040 g/mol. The van der Waals surface area contributed by atoms with Gasteiger partial charge in [-0.15, -0.1) is 17.7 Å². The summed E-state index contributed by atoms with van der Waals surface area (Å²) in [6, 6.07) is 58.9. The van der Waals surface area contributed by atoms with Gasteiger partial charge in [0.1, 0.15) is 5.84 Å². The minimum absolute atomic E-state index is 0. The van der Waals surface area contributed by atoms with E-state index >= 15 is 0 Å². The standard InChI is InChI=1S/C48H56N3.C12H8N.Au/c1-45(2,3)38-24-37(25-39(28-38)46(4,5)6)44-49-51(43-30-40(47(7,8)9)29-41(31-43)48(10,11)12)32-50(44)42-26-35(33-19-15-13-16-20-33)23-36(27-42)34-21-17-14-18-22-34;1-3-7-11-9(5-1)10-6-2-4-8-12(10)13-11;/h13-32H,1-12H3;1-8H;/q2*-1;. The van der Waals surface area contributed by atoms with E-state index in [1.807, 2.05) is 12.1 Å². The van der Waals surface area contributed by atoms with Crippen molar-refractivity contribution >= 4 is 39.0 Å². The first-order chi connectivity index (χ1) is 30.2. The Kier molecular flexibility index (Phi) is 13.3. The molecule has 4 nitrogen and oxygen atoms in total. The van der Waals surface area contributed by atoms with Gasteiger partial charge in [-0.05, 0) is 119 Å². The summed E-state index contributed by atoms with van der Waals surface area (Å²) in [4.78, 5) is 6.81. The molecule has 0 fully saturated rings. The minimum Gasteiger partial charge on any atom is -0.657 e. The second-order valence-corrected chi connectivity index (χ2v) is 21.5. The quantitative estimate of drug-likeness (QED) is 0.127. The number of amidine groups is 1. The van der Waals surface area contributed by atoms with Crippen molar-refractivity contribution in [2.75, 3.05) is 9.91 Å². The van der Waals surface area contributed by atoms with Crippen LogP contribution in [0.25, 0.3) is 44.1 Å². The molecule has 0 aliphatic carbocycles. The molecule has 0 spiro atoms. The Labute approximate surface area is 404 Å². The molecular formula is C60H64AuN4-2. The van der Waals surface area contributed by atoms with E-state index in [9.17, 15) is 0 Å². The Bertz CT molecular complexity index is 2780. The van der Waals surface area contributed by atoms with E-state index in [-0.39, 0.29) is 44.0 Å². The number of benzene rings is 7. The molecule has 1 aliphatic heterocycles. The molecule has 0 N–H and O–H groups in total. The topological polar surface area (TPSA) is 32.9 Å². The zero-order chi connectivity index (χ0) is 45.6. The van der Waals surface area contributed by atoms with E-state index in [0.29, 0.717) is 0 Å². The van der Waals surface area contributed by atoms with E-state index < -0.39 is 0 Å². The van der Waals surface area contributed by atoms with Gasteiger partial charge < -0.3 is 14.9 Å². The summed E-state index contributed by atoms with van der Waals surface area (Å²) in [6.07, 6.45) is 0. The largest absolute Gasteiger partial charge is 0.657 e.